The van der Waals surface area contributed by atoms with Gasteiger partial charge in [0.15, 0.2) is 0 Å². The van der Waals surface area contributed by atoms with Crippen molar-refractivity contribution in [3.05, 3.63) is 30.5 Å². The van der Waals surface area contributed by atoms with Gasteiger partial charge in [-0.3, -0.25) is 0 Å². The largest absolute Gasteiger partial charge is 0.516 e. The third-order valence-corrected chi connectivity index (χ3v) is 2.86. The Kier molecular flexibility index (Phi) is 2.21. The van der Waals surface area contributed by atoms with Crippen LogP contribution >= 0.6 is 18.4 Å². The van der Waals surface area contributed by atoms with Gasteiger partial charge in [-0.05, 0) is 10.6 Å². The van der Waals surface area contributed by atoms with Crippen LogP contribution in [0.25, 0.3) is 10.8 Å². The van der Waals surface area contributed by atoms with E-state index in [0.717, 1.165) is 10.8 Å². The number of aromatic nitrogens is 2. The van der Waals surface area contributed by atoms with Crippen LogP contribution in [0.2, 0.25) is 0 Å². The minimum absolute atomic E-state index is 0.356. The molecule has 3 nitrogen and oxygen atoms in total. The van der Waals surface area contributed by atoms with Crippen LogP contribution in [0.15, 0.2) is 30.5 Å². The number of fused-ring (bicyclic) bond motifs is 1. The number of rotatable bonds is 1. The number of nitrogens with zero attached hydrogens (tertiary/aromatic N) is 2. The smallest absolute Gasteiger partial charge is 0.154 e. The molecule has 0 N–H and O–H groups in total. The molecule has 0 amide bonds. The van der Waals surface area contributed by atoms with Gasteiger partial charge in [-0.15, -0.1) is 0 Å². The Bertz CT molecular complexity index is 469. The third-order valence-electron chi connectivity index (χ3n) is 1.72. The van der Waals surface area contributed by atoms with Gasteiger partial charge in [-0.2, -0.15) is 5.10 Å². The van der Waals surface area contributed by atoms with E-state index in [4.69, 9.17) is 11.2 Å². The Morgan fingerprint density at radius 3 is 2.85 bits per heavy atom. The van der Waals surface area contributed by atoms with E-state index in [0.29, 0.717) is 5.44 Å². The van der Waals surface area contributed by atoms with Crippen LogP contribution in [0, 0.1) is 0 Å². The maximum atomic E-state index is 11.1. The minimum Gasteiger partial charge on any atom is -0.154 e. The van der Waals surface area contributed by atoms with Crippen molar-refractivity contribution < 1.29 is 4.57 Å². The first kappa shape index (κ1) is 8.54. The average molecular weight is 212 g/mol. The molecule has 64 valence electrons. The van der Waals surface area contributed by atoms with Crippen molar-refractivity contribution in [2.45, 2.75) is 0 Å². The van der Waals surface area contributed by atoms with Gasteiger partial charge in [0.1, 0.15) is 0 Å². The van der Waals surface area contributed by atoms with E-state index in [9.17, 15) is 4.57 Å². The topological polar surface area (TPSA) is 42.9 Å². The molecule has 1 heterocycles. The maximum Gasteiger partial charge on any atom is 0.516 e. The summed E-state index contributed by atoms with van der Waals surface area (Å²) in [5.41, 5.74) is 0.356. The summed E-state index contributed by atoms with van der Waals surface area (Å²) in [6, 6.07) is 7.44. The molecule has 0 bridgehead atoms. The van der Waals surface area contributed by atoms with Crippen LogP contribution < -0.4 is 5.44 Å². The molecular formula is C8H5ClN2OP+. The van der Waals surface area contributed by atoms with Crippen LogP contribution in [0.5, 0.6) is 0 Å². The predicted molar refractivity (Wildman–Crippen MR) is 52.6 cm³/mol. The molecule has 13 heavy (non-hydrogen) atoms. The fourth-order valence-electron chi connectivity index (χ4n) is 1.14. The normalized spacial score (nSPS) is 11.6. The first-order valence-electron chi connectivity index (χ1n) is 3.62. The highest BCUT2D eigenvalue weighted by Crippen LogP contribution is 2.27. The Balaban J connectivity index is 2.83. The maximum absolute atomic E-state index is 11.1. The summed E-state index contributed by atoms with van der Waals surface area (Å²) in [6.07, 6.45) is 1.62. The summed E-state index contributed by atoms with van der Waals surface area (Å²) in [5.74, 6) is 0. The zero-order chi connectivity index (χ0) is 9.26. The Labute approximate surface area is 80.3 Å². The van der Waals surface area contributed by atoms with Crippen LogP contribution in [0.1, 0.15) is 0 Å². The molecule has 1 aromatic carbocycles. The molecule has 0 aliphatic heterocycles. The molecule has 0 saturated carbocycles. The Morgan fingerprint density at radius 2 is 2.08 bits per heavy atom. The Morgan fingerprint density at radius 1 is 1.31 bits per heavy atom. The monoisotopic (exact) mass is 211 g/mol. The van der Waals surface area contributed by atoms with E-state index >= 15 is 0 Å². The molecule has 0 aliphatic carbocycles. The lowest BCUT2D eigenvalue weighted by molar-refractivity contribution is 0.600. The third kappa shape index (κ3) is 1.53. The molecule has 2 aromatic rings. The van der Waals surface area contributed by atoms with E-state index in [1.54, 1.807) is 6.20 Å². The molecular weight excluding hydrogens is 207 g/mol. The van der Waals surface area contributed by atoms with Gasteiger partial charge in [-0.1, -0.05) is 23.3 Å². The zero-order valence-electron chi connectivity index (χ0n) is 6.51. The predicted octanol–water partition coefficient (Wildman–Crippen LogP) is 2.24. The summed E-state index contributed by atoms with van der Waals surface area (Å²) in [5, 5.41) is 9.16. The molecule has 0 radical (unpaired) electrons. The van der Waals surface area contributed by atoms with Gasteiger partial charge < -0.3 is 0 Å². The van der Waals surface area contributed by atoms with Crippen molar-refractivity contribution in [1.82, 2.24) is 10.2 Å². The van der Waals surface area contributed by atoms with Gasteiger partial charge in [-0.25, -0.2) is 0 Å². The first-order valence-corrected chi connectivity index (χ1v) is 5.79. The summed E-state index contributed by atoms with van der Waals surface area (Å²) in [7, 11) is -1.95. The number of hydrogen-bond acceptors (Lipinski definition) is 3. The van der Waals surface area contributed by atoms with Crippen molar-refractivity contribution in [2.75, 3.05) is 0 Å². The standard InChI is InChI=1S/C8H5ClN2OP/c9-13(12)8-7-4-2-1-3-6(7)5-10-11-8/h1-5H/q+1. The zero-order valence-corrected chi connectivity index (χ0v) is 8.16. The van der Waals surface area contributed by atoms with E-state index in [1.165, 1.54) is 0 Å². The summed E-state index contributed by atoms with van der Waals surface area (Å²) in [6.45, 7) is 0. The fourth-order valence-corrected chi connectivity index (χ4v) is 2.03. The Hall–Kier alpha value is -1.05. The van der Waals surface area contributed by atoms with Crippen molar-refractivity contribution in [3.8, 4) is 0 Å². The molecule has 0 spiro atoms. The summed E-state index contributed by atoms with van der Waals surface area (Å²) in [4.78, 5) is 0. The van der Waals surface area contributed by atoms with Crippen LogP contribution in [0.3, 0.4) is 0 Å². The van der Waals surface area contributed by atoms with Gasteiger partial charge >= 0.3 is 12.6 Å². The molecule has 1 unspecified atom stereocenters. The van der Waals surface area contributed by atoms with Gasteiger partial charge in [0.05, 0.1) is 11.6 Å². The van der Waals surface area contributed by atoms with Crippen molar-refractivity contribution in [1.29, 1.82) is 0 Å². The van der Waals surface area contributed by atoms with Gasteiger partial charge in [0.25, 0.3) is 0 Å². The highest BCUT2D eigenvalue weighted by Gasteiger charge is 2.22. The molecule has 2 rings (SSSR count). The first-order chi connectivity index (χ1) is 6.29. The molecule has 5 heteroatoms. The van der Waals surface area contributed by atoms with Crippen LogP contribution in [-0.2, 0) is 4.57 Å². The van der Waals surface area contributed by atoms with E-state index in [1.807, 2.05) is 24.3 Å². The number of halogens is 1. The van der Waals surface area contributed by atoms with Gasteiger partial charge in [0.2, 0.25) is 11.2 Å². The van der Waals surface area contributed by atoms with Crippen molar-refractivity contribution in [2.24, 2.45) is 0 Å². The molecule has 0 fully saturated rings. The quantitative estimate of drug-likeness (QED) is 0.680. The molecule has 1 aromatic heterocycles. The molecule has 0 saturated heterocycles. The average Bonchev–Trinajstić information content (AvgIpc) is 2.17. The SMILES string of the molecule is O=[P+](Cl)c1nncc2ccccc12. The van der Waals surface area contributed by atoms with Crippen LogP contribution in [0.4, 0.5) is 0 Å². The molecule has 0 aliphatic rings. The lowest BCUT2D eigenvalue weighted by Gasteiger charge is -1.92. The second-order valence-corrected chi connectivity index (χ2v) is 4.33. The summed E-state index contributed by atoms with van der Waals surface area (Å²) >= 11 is 5.49. The second kappa shape index (κ2) is 3.36. The number of benzene rings is 1. The second-order valence-electron chi connectivity index (χ2n) is 2.50. The lowest BCUT2D eigenvalue weighted by atomic mass is 10.2. The highest BCUT2D eigenvalue weighted by atomic mass is 35.7. The lowest BCUT2D eigenvalue weighted by Crippen LogP contribution is -2.04. The fraction of sp³-hybridized carbons (Fsp3) is 0. The van der Waals surface area contributed by atoms with Crippen molar-refractivity contribution >= 4 is 34.6 Å². The van der Waals surface area contributed by atoms with Crippen molar-refractivity contribution in [3.63, 3.8) is 0 Å². The minimum atomic E-state index is -1.95. The highest BCUT2D eigenvalue weighted by molar-refractivity contribution is 7.80. The molecule has 1 atom stereocenters. The van der Waals surface area contributed by atoms with E-state index in [2.05, 4.69) is 10.2 Å². The summed E-state index contributed by atoms with van der Waals surface area (Å²) < 4.78 is 11.1. The number of hydrogen-bond donors (Lipinski definition) is 0. The van der Waals surface area contributed by atoms with E-state index < -0.39 is 7.15 Å². The van der Waals surface area contributed by atoms with E-state index in [-0.39, 0.29) is 0 Å². The van der Waals surface area contributed by atoms with Gasteiger partial charge in [0, 0.05) is 5.39 Å². The van der Waals surface area contributed by atoms with Crippen LogP contribution in [-0.4, -0.2) is 10.2 Å².